The highest BCUT2D eigenvalue weighted by Crippen LogP contribution is 2.18. The summed E-state index contributed by atoms with van der Waals surface area (Å²) < 4.78 is 24.2. The van der Waals surface area contributed by atoms with Crippen LogP contribution in [0.3, 0.4) is 0 Å². The summed E-state index contributed by atoms with van der Waals surface area (Å²) in [7, 11) is -3.27. The number of hydrogen-bond donors (Lipinski definition) is 2. The number of carbonyl (C=O) groups excluding carboxylic acids is 1. The Bertz CT molecular complexity index is 710. The number of amides is 1. The molecule has 0 aliphatic rings. The monoisotopic (exact) mass is 324 g/mol. The molecule has 0 saturated carbocycles. The van der Waals surface area contributed by atoms with Crippen LogP contribution in [0.4, 0.5) is 11.4 Å². The number of anilines is 2. The molecule has 5 nitrogen and oxygen atoms in total. The van der Waals surface area contributed by atoms with Crippen molar-refractivity contribution >= 4 is 38.5 Å². The fourth-order valence-electron chi connectivity index (χ4n) is 1.80. The molecule has 1 amide bonds. The van der Waals surface area contributed by atoms with E-state index in [9.17, 15) is 13.2 Å². The molecule has 21 heavy (non-hydrogen) atoms. The maximum absolute atomic E-state index is 11.9. The summed E-state index contributed by atoms with van der Waals surface area (Å²) in [5, 5.41) is 4.41. The zero-order chi connectivity index (χ0) is 15.3. The van der Waals surface area contributed by atoms with Crippen LogP contribution >= 0.6 is 11.3 Å². The lowest BCUT2D eigenvalue weighted by Crippen LogP contribution is -2.14. The molecule has 1 aromatic heterocycles. The Balaban J connectivity index is 1.82. The predicted octanol–water partition coefficient (Wildman–Crippen LogP) is 2.52. The quantitative estimate of drug-likeness (QED) is 0.799. The van der Waals surface area contributed by atoms with Crippen LogP contribution in [0.25, 0.3) is 0 Å². The molecule has 0 radical (unpaired) electrons. The third-order valence-corrected chi connectivity index (χ3v) is 6.08. The predicted molar refractivity (Wildman–Crippen MR) is 85.1 cm³/mol. The maximum Gasteiger partial charge on any atom is 0.224 e. The summed E-state index contributed by atoms with van der Waals surface area (Å²) in [6.45, 7) is 0. The van der Waals surface area contributed by atoms with Gasteiger partial charge in [0.1, 0.15) is 4.21 Å². The van der Waals surface area contributed by atoms with Gasteiger partial charge in [0.05, 0.1) is 5.75 Å². The Kier molecular flexibility index (Phi) is 4.98. The van der Waals surface area contributed by atoms with E-state index in [2.05, 4.69) is 5.32 Å². The molecular formula is C14H16N2O3S2. The van der Waals surface area contributed by atoms with E-state index < -0.39 is 9.84 Å². The molecule has 0 fully saturated rings. The van der Waals surface area contributed by atoms with Gasteiger partial charge in [-0.25, -0.2) is 8.42 Å². The summed E-state index contributed by atoms with van der Waals surface area (Å²) in [6.07, 6.45) is 0.438. The second-order valence-electron chi connectivity index (χ2n) is 4.53. The molecule has 7 heteroatoms. The van der Waals surface area contributed by atoms with E-state index in [1.165, 1.54) is 11.3 Å². The van der Waals surface area contributed by atoms with Gasteiger partial charge in [0.15, 0.2) is 9.84 Å². The summed E-state index contributed by atoms with van der Waals surface area (Å²) in [5.41, 5.74) is 6.79. The molecule has 0 aliphatic carbocycles. The van der Waals surface area contributed by atoms with E-state index in [1.54, 1.807) is 41.8 Å². The van der Waals surface area contributed by atoms with E-state index in [0.717, 1.165) is 0 Å². The Morgan fingerprint density at radius 3 is 2.71 bits per heavy atom. The van der Waals surface area contributed by atoms with E-state index in [-0.39, 0.29) is 24.5 Å². The Labute approximate surface area is 127 Å². The normalized spacial score (nSPS) is 11.2. The molecule has 0 bridgehead atoms. The second-order valence-corrected chi connectivity index (χ2v) is 7.81. The third-order valence-electron chi connectivity index (χ3n) is 2.79. The van der Waals surface area contributed by atoms with E-state index >= 15 is 0 Å². The van der Waals surface area contributed by atoms with E-state index in [0.29, 0.717) is 15.6 Å². The van der Waals surface area contributed by atoms with Crippen LogP contribution in [0.2, 0.25) is 0 Å². The highest BCUT2D eigenvalue weighted by molar-refractivity contribution is 7.93. The van der Waals surface area contributed by atoms with Crippen molar-refractivity contribution in [3.8, 4) is 0 Å². The van der Waals surface area contributed by atoms with Crippen LogP contribution in [0.15, 0.2) is 46.0 Å². The summed E-state index contributed by atoms with van der Waals surface area (Å²) >= 11 is 1.19. The summed E-state index contributed by atoms with van der Waals surface area (Å²) in [5.74, 6) is -0.250. The van der Waals surface area contributed by atoms with Crippen LogP contribution in [0.1, 0.15) is 12.8 Å². The van der Waals surface area contributed by atoms with Gasteiger partial charge < -0.3 is 11.1 Å². The molecule has 2 rings (SSSR count). The fraction of sp³-hybridized carbons (Fsp3) is 0.214. The van der Waals surface area contributed by atoms with Gasteiger partial charge in [-0.05, 0) is 36.1 Å². The lowest BCUT2D eigenvalue weighted by Gasteiger charge is -2.06. The minimum Gasteiger partial charge on any atom is -0.399 e. The number of nitrogen functional groups attached to an aromatic ring is 1. The van der Waals surface area contributed by atoms with Crippen LogP contribution in [0.5, 0.6) is 0 Å². The van der Waals surface area contributed by atoms with E-state index in [4.69, 9.17) is 5.73 Å². The van der Waals surface area contributed by atoms with Crippen LogP contribution in [0, 0.1) is 0 Å². The van der Waals surface area contributed by atoms with Gasteiger partial charge in [-0.15, -0.1) is 11.3 Å². The second kappa shape index (κ2) is 6.73. The molecule has 1 heterocycles. The van der Waals surface area contributed by atoms with Crippen molar-refractivity contribution in [1.82, 2.24) is 0 Å². The standard InChI is InChI=1S/C14H16N2O3S2/c15-11-4-1-5-12(10-11)16-13(17)6-3-9-21(18,19)14-7-2-8-20-14/h1-2,4-5,7-8,10H,3,6,9,15H2,(H,16,17). The van der Waals surface area contributed by atoms with Gasteiger partial charge in [-0.2, -0.15) is 0 Å². The van der Waals surface area contributed by atoms with Crippen molar-refractivity contribution in [2.24, 2.45) is 0 Å². The minimum atomic E-state index is -3.27. The Morgan fingerprint density at radius 2 is 2.05 bits per heavy atom. The fourth-order valence-corrected chi connectivity index (χ4v) is 4.27. The van der Waals surface area contributed by atoms with Gasteiger partial charge in [-0.1, -0.05) is 12.1 Å². The van der Waals surface area contributed by atoms with Crippen LogP contribution < -0.4 is 11.1 Å². The average Bonchev–Trinajstić information content (AvgIpc) is 2.93. The molecule has 1 aromatic carbocycles. The number of nitrogens with two attached hydrogens (primary N) is 1. The third kappa shape index (κ3) is 4.57. The molecule has 0 unspecified atom stereocenters. The average molecular weight is 324 g/mol. The van der Waals surface area contributed by atoms with Crippen LogP contribution in [-0.2, 0) is 14.6 Å². The first-order valence-corrected chi connectivity index (χ1v) is 8.92. The first-order chi connectivity index (χ1) is 9.97. The Morgan fingerprint density at radius 1 is 1.24 bits per heavy atom. The molecule has 112 valence electrons. The van der Waals surface area contributed by atoms with Gasteiger partial charge >= 0.3 is 0 Å². The topological polar surface area (TPSA) is 89.3 Å². The van der Waals surface area contributed by atoms with Crippen molar-refractivity contribution in [1.29, 1.82) is 0 Å². The largest absolute Gasteiger partial charge is 0.399 e. The molecular weight excluding hydrogens is 308 g/mol. The number of thiophene rings is 1. The molecule has 0 aliphatic heterocycles. The Hall–Kier alpha value is -1.86. The highest BCUT2D eigenvalue weighted by Gasteiger charge is 2.15. The maximum atomic E-state index is 11.9. The number of carbonyl (C=O) groups is 1. The number of hydrogen-bond acceptors (Lipinski definition) is 5. The van der Waals surface area contributed by atoms with Gasteiger partial charge in [-0.3, -0.25) is 4.79 Å². The molecule has 2 aromatic rings. The minimum absolute atomic E-state index is 0.0299. The lowest BCUT2D eigenvalue weighted by atomic mass is 10.2. The molecule has 0 saturated heterocycles. The number of sulfone groups is 1. The summed E-state index contributed by atoms with van der Waals surface area (Å²) in [6, 6.07) is 10.1. The van der Waals surface area contributed by atoms with Gasteiger partial charge in [0.2, 0.25) is 5.91 Å². The number of rotatable bonds is 6. The van der Waals surface area contributed by atoms with Crippen LogP contribution in [-0.4, -0.2) is 20.1 Å². The van der Waals surface area contributed by atoms with E-state index in [1.807, 2.05) is 0 Å². The lowest BCUT2D eigenvalue weighted by molar-refractivity contribution is -0.116. The van der Waals surface area contributed by atoms with Crippen molar-refractivity contribution in [3.63, 3.8) is 0 Å². The molecule has 0 atom stereocenters. The summed E-state index contributed by atoms with van der Waals surface area (Å²) in [4.78, 5) is 11.8. The van der Waals surface area contributed by atoms with Crippen molar-refractivity contribution in [2.45, 2.75) is 17.1 Å². The number of benzene rings is 1. The molecule has 3 N–H and O–H groups in total. The van der Waals surface area contributed by atoms with Crippen molar-refractivity contribution in [3.05, 3.63) is 41.8 Å². The van der Waals surface area contributed by atoms with Gasteiger partial charge in [0.25, 0.3) is 0 Å². The number of nitrogens with one attached hydrogen (secondary N) is 1. The molecule has 0 spiro atoms. The highest BCUT2D eigenvalue weighted by atomic mass is 32.2. The first-order valence-electron chi connectivity index (χ1n) is 6.39. The first kappa shape index (κ1) is 15.5. The van der Waals surface area contributed by atoms with Gasteiger partial charge in [0, 0.05) is 17.8 Å². The zero-order valence-corrected chi connectivity index (χ0v) is 12.9. The SMILES string of the molecule is Nc1cccc(NC(=O)CCCS(=O)(=O)c2cccs2)c1. The van der Waals surface area contributed by atoms with Crippen molar-refractivity contribution in [2.75, 3.05) is 16.8 Å². The zero-order valence-electron chi connectivity index (χ0n) is 11.3. The van der Waals surface area contributed by atoms with Crippen molar-refractivity contribution < 1.29 is 13.2 Å². The smallest absolute Gasteiger partial charge is 0.224 e.